The van der Waals surface area contributed by atoms with Crippen molar-refractivity contribution in [1.82, 2.24) is 5.43 Å². The number of methoxy groups -OCH3 is 1. The third-order valence-corrected chi connectivity index (χ3v) is 4.34. The van der Waals surface area contributed by atoms with E-state index in [-0.39, 0.29) is 12.7 Å². The molecule has 0 radical (unpaired) electrons. The van der Waals surface area contributed by atoms with E-state index >= 15 is 0 Å². The highest BCUT2D eigenvalue weighted by molar-refractivity contribution is 6.32. The molecule has 0 aromatic heterocycles. The molecule has 1 amide bonds. The summed E-state index contributed by atoms with van der Waals surface area (Å²) in [6, 6.07) is 10.3. The number of rotatable bonds is 9. The van der Waals surface area contributed by atoms with E-state index in [9.17, 15) is 4.79 Å². The molecule has 0 unspecified atom stereocenters. The zero-order valence-corrected chi connectivity index (χ0v) is 17.4. The van der Waals surface area contributed by atoms with E-state index in [1.807, 2.05) is 13.8 Å². The van der Waals surface area contributed by atoms with E-state index in [0.29, 0.717) is 32.9 Å². The molecule has 6 nitrogen and oxygen atoms in total. The number of carbonyl (C=O) groups is 1. The van der Waals surface area contributed by atoms with Crippen LogP contribution in [0.3, 0.4) is 0 Å². The van der Waals surface area contributed by atoms with Crippen LogP contribution in [0.1, 0.15) is 25.8 Å². The van der Waals surface area contributed by atoms with Gasteiger partial charge in [0.2, 0.25) is 0 Å². The third-order valence-electron chi connectivity index (χ3n) is 3.74. The molecule has 1 N–H and O–H groups in total. The lowest BCUT2D eigenvalue weighted by Gasteiger charge is -2.17. The molecule has 0 fully saturated rings. The van der Waals surface area contributed by atoms with E-state index in [1.54, 1.807) is 36.4 Å². The number of hydrogen-bond donors (Lipinski definition) is 1. The SMILES string of the molecule is CC[C@H](C)Oc1c(Cl)cc(/C=N/NC(=O)COc2ccccc2Cl)cc1OC. The van der Waals surface area contributed by atoms with Crippen LogP contribution < -0.4 is 19.6 Å². The van der Waals surface area contributed by atoms with Gasteiger partial charge in [-0.2, -0.15) is 5.10 Å². The molecular weight excluding hydrogens is 403 g/mol. The van der Waals surface area contributed by atoms with E-state index < -0.39 is 5.91 Å². The van der Waals surface area contributed by atoms with E-state index in [1.165, 1.54) is 13.3 Å². The molecular formula is C20H22Cl2N2O4. The number of hydrazone groups is 1. The highest BCUT2D eigenvalue weighted by Gasteiger charge is 2.14. The van der Waals surface area contributed by atoms with Gasteiger partial charge in [0.15, 0.2) is 18.1 Å². The van der Waals surface area contributed by atoms with E-state index in [2.05, 4.69) is 10.5 Å². The Morgan fingerprint density at radius 2 is 1.96 bits per heavy atom. The van der Waals surface area contributed by atoms with Gasteiger partial charge >= 0.3 is 0 Å². The minimum atomic E-state index is -0.425. The Balaban J connectivity index is 1.97. The fraction of sp³-hybridized carbons (Fsp3) is 0.300. The predicted octanol–water partition coefficient (Wildman–Crippen LogP) is 4.71. The topological polar surface area (TPSA) is 69.2 Å². The third kappa shape index (κ3) is 6.32. The maximum Gasteiger partial charge on any atom is 0.277 e. The molecule has 8 heteroatoms. The van der Waals surface area contributed by atoms with Crippen molar-refractivity contribution in [1.29, 1.82) is 0 Å². The first-order chi connectivity index (χ1) is 13.4. The first-order valence-electron chi connectivity index (χ1n) is 8.68. The average molecular weight is 425 g/mol. The number of hydrogen-bond acceptors (Lipinski definition) is 5. The maximum absolute atomic E-state index is 11.9. The summed E-state index contributed by atoms with van der Waals surface area (Å²) in [5.74, 6) is 0.970. The molecule has 1 atom stereocenters. The molecule has 28 heavy (non-hydrogen) atoms. The van der Waals surface area contributed by atoms with Crippen LogP contribution in [0.15, 0.2) is 41.5 Å². The lowest BCUT2D eigenvalue weighted by atomic mass is 10.2. The minimum absolute atomic E-state index is 0.00308. The van der Waals surface area contributed by atoms with E-state index in [0.717, 1.165) is 6.42 Å². The Kier molecular flexibility index (Phi) is 8.42. The van der Waals surface area contributed by atoms with Gasteiger partial charge in [-0.3, -0.25) is 4.79 Å². The lowest BCUT2D eigenvalue weighted by Crippen LogP contribution is -2.24. The molecule has 2 aromatic rings. The van der Waals surface area contributed by atoms with Crippen LogP contribution in [0.2, 0.25) is 10.0 Å². The average Bonchev–Trinajstić information content (AvgIpc) is 2.68. The van der Waals surface area contributed by atoms with Crippen molar-refractivity contribution >= 4 is 35.3 Å². The number of halogens is 2. The molecule has 2 rings (SSSR count). The zero-order valence-electron chi connectivity index (χ0n) is 15.9. The quantitative estimate of drug-likeness (QED) is 0.467. The molecule has 0 saturated carbocycles. The first-order valence-corrected chi connectivity index (χ1v) is 9.43. The molecule has 0 saturated heterocycles. The van der Waals surface area contributed by atoms with Crippen molar-refractivity contribution in [2.75, 3.05) is 13.7 Å². The van der Waals surface area contributed by atoms with Crippen molar-refractivity contribution < 1.29 is 19.0 Å². The molecule has 0 aliphatic rings. The number of carbonyl (C=O) groups excluding carboxylic acids is 1. The highest BCUT2D eigenvalue weighted by atomic mass is 35.5. The van der Waals surface area contributed by atoms with Crippen molar-refractivity contribution in [3.8, 4) is 17.2 Å². The van der Waals surface area contributed by atoms with Crippen LogP contribution in [0, 0.1) is 0 Å². The summed E-state index contributed by atoms with van der Waals surface area (Å²) in [5.41, 5.74) is 3.03. The second-order valence-electron chi connectivity index (χ2n) is 5.88. The maximum atomic E-state index is 11.9. The molecule has 150 valence electrons. The number of benzene rings is 2. The van der Waals surface area contributed by atoms with Gasteiger partial charge in [0.25, 0.3) is 5.91 Å². The summed E-state index contributed by atoms with van der Waals surface area (Å²) in [6.07, 6.45) is 2.29. The van der Waals surface area contributed by atoms with Crippen LogP contribution in [0.25, 0.3) is 0 Å². The van der Waals surface area contributed by atoms with Gasteiger partial charge in [0.1, 0.15) is 5.75 Å². The minimum Gasteiger partial charge on any atom is -0.493 e. The van der Waals surface area contributed by atoms with Gasteiger partial charge in [0, 0.05) is 0 Å². The summed E-state index contributed by atoms with van der Waals surface area (Å²) in [7, 11) is 1.53. The first kappa shape index (κ1) is 21.9. The summed E-state index contributed by atoms with van der Waals surface area (Å²) in [6.45, 7) is 3.75. The highest BCUT2D eigenvalue weighted by Crippen LogP contribution is 2.37. The molecule has 0 bridgehead atoms. The second-order valence-corrected chi connectivity index (χ2v) is 6.70. The van der Waals surface area contributed by atoms with E-state index in [4.69, 9.17) is 37.4 Å². The molecule has 0 spiro atoms. The summed E-state index contributed by atoms with van der Waals surface area (Å²) in [4.78, 5) is 11.9. The Labute approximate surface area is 174 Å². The molecule has 0 aliphatic carbocycles. The molecule has 2 aromatic carbocycles. The van der Waals surface area contributed by atoms with Gasteiger partial charge in [-0.05, 0) is 43.2 Å². The number of para-hydroxylation sites is 1. The van der Waals surface area contributed by atoms with Gasteiger partial charge in [0.05, 0.1) is 29.5 Å². The fourth-order valence-electron chi connectivity index (χ4n) is 2.13. The Morgan fingerprint density at radius 1 is 1.21 bits per heavy atom. The van der Waals surface area contributed by atoms with Crippen LogP contribution in [0.5, 0.6) is 17.2 Å². The number of nitrogens with zero attached hydrogens (tertiary/aromatic N) is 1. The number of nitrogens with one attached hydrogen (secondary N) is 1. The molecule has 0 heterocycles. The summed E-state index contributed by atoms with van der Waals surface area (Å²) < 4.78 is 16.5. The Hall–Kier alpha value is -2.44. The van der Waals surface area contributed by atoms with Crippen molar-refractivity contribution in [3.63, 3.8) is 0 Å². The Morgan fingerprint density at radius 3 is 2.64 bits per heavy atom. The molecule has 0 aliphatic heterocycles. The smallest absolute Gasteiger partial charge is 0.277 e. The van der Waals surface area contributed by atoms with Crippen LogP contribution >= 0.6 is 23.2 Å². The Bertz CT molecular complexity index is 843. The van der Waals surface area contributed by atoms with Crippen LogP contribution in [-0.4, -0.2) is 31.9 Å². The van der Waals surface area contributed by atoms with Gasteiger partial charge in [-0.15, -0.1) is 0 Å². The zero-order chi connectivity index (χ0) is 20.5. The fourth-order valence-corrected chi connectivity index (χ4v) is 2.58. The standard InChI is InChI=1S/C20H22Cl2N2O4/c1-4-13(2)28-20-16(22)9-14(10-18(20)26-3)11-23-24-19(25)12-27-17-8-6-5-7-15(17)21/h5-11,13H,4,12H2,1-3H3,(H,24,25)/b23-11+/t13-/m0/s1. The van der Waals surface area contributed by atoms with Crippen LogP contribution in [0.4, 0.5) is 0 Å². The van der Waals surface area contributed by atoms with Crippen molar-refractivity contribution in [3.05, 3.63) is 52.0 Å². The monoisotopic (exact) mass is 424 g/mol. The normalized spacial score (nSPS) is 11.9. The number of amides is 1. The second kappa shape index (κ2) is 10.8. The van der Waals surface area contributed by atoms with Gasteiger partial charge < -0.3 is 14.2 Å². The summed E-state index contributed by atoms with van der Waals surface area (Å²) >= 11 is 12.3. The summed E-state index contributed by atoms with van der Waals surface area (Å²) in [5, 5.41) is 4.74. The van der Waals surface area contributed by atoms with Crippen molar-refractivity contribution in [2.24, 2.45) is 5.10 Å². The van der Waals surface area contributed by atoms with Crippen molar-refractivity contribution in [2.45, 2.75) is 26.4 Å². The van der Waals surface area contributed by atoms with Gasteiger partial charge in [-0.25, -0.2) is 5.43 Å². The largest absolute Gasteiger partial charge is 0.493 e. The van der Waals surface area contributed by atoms with Crippen LogP contribution in [-0.2, 0) is 4.79 Å². The predicted molar refractivity (Wildman–Crippen MR) is 111 cm³/mol. The number of ether oxygens (including phenoxy) is 3. The van der Waals surface area contributed by atoms with Gasteiger partial charge in [-0.1, -0.05) is 42.3 Å². The lowest BCUT2D eigenvalue weighted by molar-refractivity contribution is -0.123.